The molecule has 1 saturated heterocycles. The number of hydrogen-bond acceptors (Lipinski definition) is 2. The van der Waals surface area contributed by atoms with Crippen LogP contribution in [0.15, 0.2) is 6.07 Å². The summed E-state index contributed by atoms with van der Waals surface area (Å²) in [6, 6.07) is 2.98. The molecule has 1 aliphatic heterocycles. The van der Waals surface area contributed by atoms with Crippen LogP contribution in [0.3, 0.4) is 0 Å². The van der Waals surface area contributed by atoms with Crippen LogP contribution in [-0.2, 0) is 19.5 Å². The highest BCUT2D eigenvalue weighted by Crippen LogP contribution is 2.21. The summed E-state index contributed by atoms with van der Waals surface area (Å²) in [5.74, 6) is 0. The Morgan fingerprint density at radius 2 is 2.29 bits per heavy atom. The summed E-state index contributed by atoms with van der Waals surface area (Å²) in [6.45, 7) is 7.59. The second-order valence-electron chi connectivity index (χ2n) is 4.72. The molecule has 0 saturated carbocycles. The monoisotopic (exact) mass is 299 g/mol. The van der Waals surface area contributed by atoms with Gasteiger partial charge >= 0.3 is 0 Å². The van der Waals surface area contributed by atoms with Crippen molar-refractivity contribution in [1.29, 1.82) is 0 Å². The van der Waals surface area contributed by atoms with Gasteiger partial charge in [-0.3, -0.25) is 9.58 Å². The summed E-state index contributed by atoms with van der Waals surface area (Å²) in [4.78, 5) is 2.58. The highest BCUT2D eigenvalue weighted by molar-refractivity contribution is 9.09. The summed E-state index contributed by atoms with van der Waals surface area (Å²) >= 11 is 3.62. The van der Waals surface area contributed by atoms with Crippen LogP contribution >= 0.6 is 15.9 Å². The number of rotatable bonds is 5. The van der Waals surface area contributed by atoms with Crippen LogP contribution < -0.4 is 0 Å². The van der Waals surface area contributed by atoms with E-state index in [4.69, 9.17) is 0 Å². The molecular formula is C13H22BrN3. The van der Waals surface area contributed by atoms with Gasteiger partial charge in [-0.05, 0) is 38.8 Å². The van der Waals surface area contributed by atoms with Gasteiger partial charge in [-0.25, -0.2) is 0 Å². The Labute approximate surface area is 112 Å². The normalized spacial score (nSPS) is 21.2. The van der Waals surface area contributed by atoms with Gasteiger partial charge in [-0.1, -0.05) is 22.9 Å². The molecule has 0 bridgehead atoms. The summed E-state index contributed by atoms with van der Waals surface area (Å²) in [7, 11) is 0. The molecule has 0 aromatic carbocycles. The van der Waals surface area contributed by atoms with Crippen molar-refractivity contribution in [3.05, 3.63) is 17.5 Å². The SMILES string of the molecule is CCc1cc(CN2CCCC2CBr)n(CC)n1. The molecule has 0 N–H and O–H groups in total. The minimum Gasteiger partial charge on any atom is -0.294 e. The zero-order chi connectivity index (χ0) is 12.3. The van der Waals surface area contributed by atoms with E-state index in [9.17, 15) is 0 Å². The first-order valence-electron chi connectivity index (χ1n) is 6.64. The largest absolute Gasteiger partial charge is 0.294 e. The van der Waals surface area contributed by atoms with E-state index < -0.39 is 0 Å². The van der Waals surface area contributed by atoms with Gasteiger partial charge in [0.1, 0.15) is 0 Å². The van der Waals surface area contributed by atoms with Crippen molar-refractivity contribution in [3.8, 4) is 0 Å². The third-order valence-corrected chi connectivity index (χ3v) is 4.37. The fourth-order valence-electron chi connectivity index (χ4n) is 2.57. The van der Waals surface area contributed by atoms with E-state index in [1.807, 2.05) is 0 Å². The molecule has 1 aromatic rings. The number of hydrogen-bond donors (Lipinski definition) is 0. The highest BCUT2D eigenvalue weighted by atomic mass is 79.9. The third kappa shape index (κ3) is 2.91. The van der Waals surface area contributed by atoms with Crippen molar-refractivity contribution in [2.45, 2.75) is 52.2 Å². The lowest BCUT2D eigenvalue weighted by Gasteiger charge is -2.22. The molecule has 2 heterocycles. The van der Waals surface area contributed by atoms with E-state index in [0.29, 0.717) is 6.04 Å². The van der Waals surface area contributed by atoms with Crippen molar-refractivity contribution >= 4 is 15.9 Å². The van der Waals surface area contributed by atoms with Crippen LogP contribution in [-0.4, -0.2) is 32.6 Å². The van der Waals surface area contributed by atoms with E-state index in [1.54, 1.807) is 0 Å². The van der Waals surface area contributed by atoms with Gasteiger partial charge in [-0.2, -0.15) is 5.10 Å². The minimum absolute atomic E-state index is 0.709. The van der Waals surface area contributed by atoms with Crippen molar-refractivity contribution in [1.82, 2.24) is 14.7 Å². The van der Waals surface area contributed by atoms with E-state index >= 15 is 0 Å². The van der Waals surface area contributed by atoms with Crippen molar-refractivity contribution in [3.63, 3.8) is 0 Å². The van der Waals surface area contributed by atoms with Gasteiger partial charge < -0.3 is 0 Å². The molecule has 2 rings (SSSR count). The summed E-state index contributed by atoms with van der Waals surface area (Å²) < 4.78 is 2.16. The standard InChI is InChI=1S/C13H22BrN3/c1-3-11-8-13(17(4-2)15-11)10-16-7-5-6-12(16)9-14/h8,12H,3-7,9-10H2,1-2H3. The van der Waals surface area contributed by atoms with Gasteiger partial charge in [0.2, 0.25) is 0 Å². The van der Waals surface area contributed by atoms with Crippen LogP contribution in [0.25, 0.3) is 0 Å². The first kappa shape index (κ1) is 13.1. The van der Waals surface area contributed by atoms with E-state index in [2.05, 4.69) is 50.5 Å². The number of halogens is 1. The predicted molar refractivity (Wildman–Crippen MR) is 74.5 cm³/mol. The zero-order valence-electron chi connectivity index (χ0n) is 10.8. The van der Waals surface area contributed by atoms with Crippen molar-refractivity contribution in [2.24, 2.45) is 0 Å². The Morgan fingerprint density at radius 1 is 1.47 bits per heavy atom. The van der Waals surface area contributed by atoms with Crippen molar-refractivity contribution in [2.75, 3.05) is 11.9 Å². The van der Waals surface area contributed by atoms with Crippen LogP contribution in [0, 0.1) is 0 Å². The first-order valence-corrected chi connectivity index (χ1v) is 7.76. The second-order valence-corrected chi connectivity index (χ2v) is 5.36. The fourth-order valence-corrected chi connectivity index (χ4v) is 3.31. The zero-order valence-corrected chi connectivity index (χ0v) is 12.4. The number of aryl methyl sites for hydroxylation is 2. The van der Waals surface area contributed by atoms with E-state index in [0.717, 1.165) is 24.8 Å². The Bertz CT molecular complexity index is 362. The van der Waals surface area contributed by atoms with E-state index in [1.165, 1.54) is 30.8 Å². The molecule has 0 amide bonds. The average molecular weight is 300 g/mol. The van der Waals surface area contributed by atoms with Crippen LogP contribution in [0.1, 0.15) is 38.1 Å². The van der Waals surface area contributed by atoms with Gasteiger partial charge in [0.15, 0.2) is 0 Å². The molecule has 1 unspecified atom stereocenters. The van der Waals surface area contributed by atoms with Gasteiger partial charge in [0, 0.05) is 24.5 Å². The van der Waals surface area contributed by atoms with Gasteiger partial charge in [0.05, 0.1) is 11.4 Å². The fraction of sp³-hybridized carbons (Fsp3) is 0.769. The molecular weight excluding hydrogens is 278 g/mol. The molecule has 1 aliphatic rings. The number of aromatic nitrogens is 2. The summed E-state index contributed by atoms with van der Waals surface area (Å²) in [5, 5.41) is 5.71. The molecule has 17 heavy (non-hydrogen) atoms. The molecule has 1 aromatic heterocycles. The molecule has 3 nitrogen and oxygen atoms in total. The van der Waals surface area contributed by atoms with Gasteiger partial charge in [0.25, 0.3) is 0 Å². The van der Waals surface area contributed by atoms with Gasteiger partial charge in [-0.15, -0.1) is 0 Å². The van der Waals surface area contributed by atoms with Crippen molar-refractivity contribution < 1.29 is 0 Å². The molecule has 1 fully saturated rings. The highest BCUT2D eigenvalue weighted by Gasteiger charge is 2.24. The summed E-state index contributed by atoms with van der Waals surface area (Å²) in [6.07, 6.45) is 3.69. The molecule has 0 radical (unpaired) electrons. The Morgan fingerprint density at radius 3 is 2.94 bits per heavy atom. The number of nitrogens with zero attached hydrogens (tertiary/aromatic N) is 3. The summed E-state index contributed by atoms with van der Waals surface area (Å²) in [5.41, 5.74) is 2.59. The van der Waals surface area contributed by atoms with Crippen LogP contribution in [0.4, 0.5) is 0 Å². The third-order valence-electron chi connectivity index (χ3n) is 3.62. The average Bonchev–Trinajstić information content (AvgIpc) is 2.95. The maximum Gasteiger partial charge on any atom is 0.0625 e. The predicted octanol–water partition coefficient (Wildman–Crippen LogP) is 2.82. The Balaban J connectivity index is 2.09. The lowest BCUT2D eigenvalue weighted by Crippen LogP contribution is -2.30. The molecule has 0 spiro atoms. The van der Waals surface area contributed by atoms with Crippen LogP contribution in [0.2, 0.25) is 0 Å². The Kier molecular flexibility index (Phi) is 4.62. The molecule has 1 atom stereocenters. The lowest BCUT2D eigenvalue weighted by atomic mass is 10.2. The number of alkyl halides is 1. The Hall–Kier alpha value is -0.350. The molecule has 4 heteroatoms. The minimum atomic E-state index is 0.709. The topological polar surface area (TPSA) is 21.1 Å². The quantitative estimate of drug-likeness (QED) is 0.780. The lowest BCUT2D eigenvalue weighted by molar-refractivity contribution is 0.256. The smallest absolute Gasteiger partial charge is 0.0625 e. The van der Waals surface area contributed by atoms with E-state index in [-0.39, 0.29) is 0 Å². The molecule has 0 aliphatic carbocycles. The first-order chi connectivity index (χ1) is 8.28. The number of likely N-dealkylation sites (tertiary alicyclic amines) is 1. The molecule has 96 valence electrons. The maximum absolute atomic E-state index is 4.62. The van der Waals surface area contributed by atoms with Crippen LogP contribution in [0.5, 0.6) is 0 Å². The second kappa shape index (κ2) is 6.01. The maximum atomic E-state index is 4.62.